The van der Waals surface area contributed by atoms with Crippen molar-refractivity contribution < 1.29 is 31.5 Å². The lowest BCUT2D eigenvalue weighted by Gasteiger charge is -2.11. The first-order valence-corrected chi connectivity index (χ1v) is 7.13. The second-order valence-electron chi connectivity index (χ2n) is 3.79. The first-order valence-electron chi connectivity index (χ1n) is 5.10. The zero-order chi connectivity index (χ0) is 15.6. The van der Waals surface area contributed by atoms with E-state index in [9.17, 15) is 26.4 Å². The molecule has 0 aliphatic carbocycles. The molecule has 0 bridgehead atoms. The molecule has 0 atom stereocenters. The molecule has 0 unspecified atom stereocenters. The van der Waals surface area contributed by atoms with Crippen molar-refractivity contribution in [2.45, 2.75) is 12.6 Å². The van der Waals surface area contributed by atoms with Crippen LogP contribution in [-0.4, -0.2) is 25.2 Å². The highest BCUT2D eigenvalue weighted by Gasteiger charge is 2.31. The molecule has 0 aliphatic rings. The predicted octanol–water partition coefficient (Wildman–Crippen LogP) is 2.58. The molecule has 0 spiro atoms. The van der Waals surface area contributed by atoms with Crippen molar-refractivity contribution in [1.82, 2.24) is 0 Å². The lowest BCUT2D eigenvalue weighted by atomic mass is 10.2. The van der Waals surface area contributed by atoms with Crippen LogP contribution in [0.4, 0.5) is 18.9 Å². The number of benzene rings is 1. The third-order valence-corrected chi connectivity index (χ3v) is 3.59. The molecule has 0 aliphatic heterocycles. The van der Waals surface area contributed by atoms with Crippen LogP contribution < -0.4 is 4.72 Å². The molecule has 0 amide bonds. The first kappa shape index (κ1) is 16.6. The van der Waals surface area contributed by atoms with Crippen molar-refractivity contribution in [2.24, 2.45) is 0 Å². The first-order chi connectivity index (χ1) is 8.99. The minimum absolute atomic E-state index is 0.296. The predicted molar refractivity (Wildman–Crippen MR) is 66.1 cm³/mol. The number of carboxylic acid groups (broad SMARTS) is 1. The molecule has 1 aromatic carbocycles. The number of halogens is 4. The molecule has 0 saturated carbocycles. The molecular formula is C10H9ClF3NO4S. The average molecular weight is 332 g/mol. The van der Waals surface area contributed by atoms with Gasteiger partial charge in [-0.2, -0.15) is 13.2 Å². The highest BCUT2D eigenvalue weighted by molar-refractivity contribution is 7.92. The fourth-order valence-electron chi connectivity index (χ4n) is 1.26. The van der Waals surface area contributed by atoms with E-state index in [0.717, 1.165) is 6.07 Å². The van der Waals surface area contributed by atoms with E-state index in [0.29, 0.717) is 12.1 Å². The fraction of sp³-hybridized carbons (Fsp3) is 0.300. The Kier molecular flexibility index (Phi) is 4.87. The SMILES string of the molecule is O=C(O)CCS(=O)(=O)Nc1cc(Cl)cc(C(F)(F)F)c1. The number of carbonyl (C=O) groups is 1. The third-order valence-electron chi connectivity index (χ3n) is 2.08. The smallest absolute Gasteiger partial charge is 0.416 e. The topological polar surface area (TPSA) is 83.5 Å². The molecule has 112 valence electrons. The summed E-state index contributed by atoms with van der Waals surface area (Å²) in [6.45, 7) is 0. The Labute approximate surface area is 117 Å². The van der Waals surface area contributed by atoms with Gasteiger partial charge in [-0.3, -0.25) is 9.52 Å². The Morgan fingerprint density at radius 3 is 2.40 bits per heavy atom. The number of aliphatic carboxylic acids is 1. The van der Waals surface area contributed by atoms with Gasteiger partial charge in [-0.05, 0) is 18.2 Å². The molecule has 2 N–H and O–H groups in total. The van der Waals surface area contributed by atoms with E-state index in [1.807, 2.05) is 4.72 Å². The molecular weight excluding hydrogens is 323 g/mol. The van der Waals surface area contributed by atoms with Gasteiger partial charge in [-0.15, -0.1) is 0 Å². The average Bonchev–Trinajstić information content (AvgIpc) is 2.24. The quantitative estimate of drug-likeness (QED) is 0.868. The van der Waals surface area contributed by atoms with E-state index >= 15 is 0 Å². The molecule has 1 aromatic rings. The van der Waals surface area contributed by atoms with Crippen molar-refractivity contribution >= 4 is 33.3 Å². The van der Waals surface area contributed by atoms with Crippen LogP contribution in [0, 0.1) is 0 Å². The summed E-state index contributed by atoms with van der Waals surface area (Å²) < 4.78 is 62.4. The molecule has 1 rings (SSSR count). The molecule has 0 heterocycles. The van der Waals surface area contributed by atoms with E-state index in [4.69, 9.17) is 16.7 Å². The zero-order valence-corrected chi connectivity index (χ0v) is 11.3. The number of anilines is 1. The Balaban J connectivity index is 2.98. The molecule has 0 saturated heterocycles. The minimum Gasteiger partial charge on any atom is -0.481 e. The van der Waals surface area contributed by atoms with E-state index in [1.165, 1.54) is 0 Å². The van der Waals surface area contributed by atoms with E-state index in [-0.39, 0.29) is 10.7 Å². The van der Waals surface area contributed by atoms with Crippen LogP contribution in [-0.2, 0) is 21.0 Å². The van der Waals surface area contributed by atoms with Crippen LogP contribution in [0.3, 0.4) is 0 Å². The maximum Gasteiger partial charge on any atom is 0.416 e. The lowest BCUT2D eigenvalue weighted by Crippen LogP contribution is -2.19. The number of carboxylic acids is 1. The van der Waals surface area contributed by atoms with Crippen molar-refractivity contribution in [3.05, 3.63) is 28.8 Å². The largest absolute Gasteiger partial charge is 0.481 e. The molecule has 0 radical (unpaired) electrons. The van der Waals surface area contributed by atoms with Gasteiger partial charge in [0.25, 0.3) is 0 Å². The highest BCUT2D eigenvalue weighted by Crippen LogP contribution is 2.33. The lowest BCUT2D eigenvalue weighted by molar-refractivity contribution is -0.138. The van der Waals surface area contributed by atoms with Crippen LogP contribution in [0.5, 0.6) is 0 Å². The van der Waals surface area contributed by atoms with E-state index < -0.39 is 39.9 Å². The normalized spacial score (nSPS) is 12.2. The van der Waals surface area contributed by atoms with Crippen LogP contribution in [0.25, 0.3) is 0 Å². The van der Waals surface area contributed by atoms with Crippen molar-refractivity contribution in [2.75, 3.05) is 10.5 Å². The molecule has 5 nitrogen and oxygen atoms in total. The summed E-state index contributed by atoms with van der Waals surface area (Å²) in [5.41, 5.74) is -1.49. The van der Waals surface area contributed by atoms with Crippen molar-refractivity contribution in [3.8, 4) is 0 Å². The van der Waals surface area contributed by atoms with Crippen molar-refractivity contribution in [3.63, 3.8) is 0 Å². The number of sulfonamides is 1. The summed E-state index contributed by atoms with van der Waals surface area (Å²) in [5, 5.41) is 8.08. The molecule has 10 heteroatoms. The number of hydrogen-bond donors (Lipinski definition) is 2. The van der Waals surface area contributed by atoms with Gasteiger partial charge in [0.05, 0.1) is 23.4 Å². The monoisotopic (exact) mass is 331 g/mol. The van der Waals surface area contributed by atoms with Gasteiger partial charge in [-0.25, -0.2) is 8.42 Å². The standard InChI is InChI=1S/C10H9ClF3NO4S/c11-7-3-6(10(12,13)14)4-8(5-7)15-20(18,19)2-1-9(16)17/h3-5,15H,1-2H2,(H,16,17). The Morgan fingerprint density at radius 1 is 1.30 bits per heavy atom. The van der Waals surface area contributed by atoms with Crippen LogP contribution in [0.2, 0.25) is 5.02 Å². The minimum atomic E-state index is -4.67. The van der Waals surface area contributed by atoms with Crippen molar-refractivity contribution in [1.29, 1.82) is 0 Å². The number of alkyl halides is 3. The van der Waals surface area contributed by atoms with Crippen LogP contribution >= 0.6 is 11.6 Å². The number of hydrogen-bond acceptors (Lipinski definition) is 3. The fourth-order valence-corrected chi connectivity index (χ4v) is 2.52. The Morgan fingerprint density at radius 2 is 1.90 bits per heavy atom. The van der Waals surface area contributed by atoms with Gasteiger partial charge < -0.3 is 5.11 Å². The number of nitrogens with one attached hydrogen (secondary N) is 1. The maximum atomic E-state index is 12.5. The van der Waals surface area contributed by atoms with Gasteiger partial charge in [-0.1, -0.05) is 11.6 Å². The van der Waals surface area contributed by atoms with Gasteiger partial charge in [0.1, 0.15) is 0 Å². The maximum absolute atomic E-state index is 12.5. The highest BCUT2D eigenvalue weighted by atomic mass is 35.5. The van der Waals surface area contributed by atoms with E-state index in [2.05, 4.69) is 0 Å². The summed E-state index contributed by atoms with van der Waals surface area (Å²) in [6, 6.07) is 2.22. The second-order valence-corrected chi connectivity index (χ2v) is 6.07. The van der Waals surface area contributed by atoms with Gasteiger partial charge in [0, 0.05) is 5.02 Å². The molecule has 20 heavy (non-hydrogen) atoms. The molecule has 0 aromatic heterocycles. The summed E-state index contributed by atoms with van der Waals surface area (Å²) in [7, 11) is -4.07. The van der Waals surface area contributed by atoms with Gasteiger partial charge in [0.15, 0.2) is 0 Å². The summed E-state index contributed by atoms with van der Waals surface area (Å²) in [5.74, 6) is -2.09. The summed E-state index contributed by atoms with van der Waals surface area (Å²) in [4.78, 5) is 10.3. The Bertz CT molecular complexity index is 615. The Hall–Kier alpha value is -1.48. The number of rotatable bonds is 5. The molecule has 0 fully saturated rings. The van der Waals surface area contributed by atoms with Gasteiger partial charge in [0.2, 0.25) is 10.0 Å². The third kappa shape index (κ3) is 5.25. The zero-order valence-electron chi connectivity index (χ0n) is 9.74. The van der Waals surface area contributed by atoms with Crippen LogP contribution in [0.1, 0.15) is 12.0 Å². The summed E-state index contributed by atoms with van der Waals surface area (Å²) >= 11 is 5.48. The second kappa shape index (κ2) is 5.88. The van der Waals surface area contributed by atoms with Gasteiger partial charge >= 0.3 is 12.1 Å². The van der Waals surface area contributed by atoms with E-state index in [1.54, 1.807) is 0 Å². The summed E-state index contributed by atoms with van der Waals surface area (Å²) in [6.07, 6.45) is -5.34. The van der Waals surface area contributed by atoms with Crippen LogP contribution in [0.15, 0.2) is 18.2 Å².